The summed E-state index contributed by atoms with van der Waals surface area (Å²) in [6.07, 6.45) is 0.674. The van der Waals surface area contributed by atoms with E-state index in [1.54, 1.807) is 19.2 Å². The Balaban J connectivity index is 1.54. The Morgan fingerprint density at radius 3 is 1.97 bits per heavy atom. The van der Waals surface area contributed by atoms with Gasteiger partial charge in [0.25, 0.3) is 8.32 Å². The predicted octanol–water partition coefficient (Wildman–Crippen LogP) is 4.29. The summed E-state index contributed by atoms with van der Waals surface area (Å²) in [6.45, 7) is 4.26. The fraction of sp³-hybridized carbons (Fsp3) is 0.345. The molecule has 0 spiro atoms. The van der Waals surface area contributed by atoms with E-state index >= 15 is 0 Å². The zero-order chi connectivity index (χ0) is 24.9. The van der Waals surface area contributed by atoms with E-state index in [2.05, 4.69) is 13.8 Å². The fourth-order valence-corrected chi connectivity index (χ4v) is 8.73. The molecule has 0 amide bonds. The molecule has 1 aliphatic heterocycles. The lowest BCUT2D eigenvalue weighted by molar-refractivity contribution is -0.120. The molecule has 3 atom stereocenters. The number of benzene rings is 3. The number of hydrogen-bond donors (Lipinski definition) is 1. The molecule has 0 bridgehead atoms. The first kappa shape index (κ1) is 25.3. The van der Waals surface area contributed by atoms with Gasteiger partial charge < -0.3 is 19.0 Å². The maximum absolute atomic E-state index is 12.7. The minimum Gasteiger partial charge on any atom is -0.456 e. The maximum atomic E-state index is 12.7. The highest BCUT2D eigenvalue weighted by atomic mass is 28.4. The normalized spacial score (nSPS) is 20.5. The van der Waals surface area contributed by atoms with E-state index in [9.17, 15) is 9.59 Å². The second-order valence-electron chi connectivity index (χ2n) is 9.75. The summed E-state index contributed by atoms with van der Waals surface area (Å²) >= 11 is 0. The van der Waals surface area contributed by atoms with E-state index in [1.165, 1.54) is 0 Å². The van der Waals surface area contributed by atoms with Crippen molar-refractivity contribution in [1.82, 2.24) is 0 Å². The van der Waals surface area contributed by atoms with Crippen molar-refractivity contribution in [3.63, 3.8) is 0 Å². The van der Waals surface area contributed by atoms with Crippen molar-refractivity contribution in [2.24, 2.45) is 0 Å². The molecule has 6 heteroatoms. The summed E-state index contributed by atoms with van der Waals surface area (Å²) in [5.74, 6) is -0.361. The Morgan fingerprint density at radius 2 is 1.46 bits per heavy atom. The van der Waals surface area contributed by atoms with Crippen LogP contribution >= 0.6 is 0 Å². The first-order valence-corrected chi connectivity index (χ1v) is 14.1. The standard InChI is InChI=1S/C29H34O5Si/c1-29(2,35(31,23-15-9-5-10-16-23)24-17-11-6-12-18-24)20-19-25-26(21-27(32-3)33-25)34-28(30)22-13-7-4-8-14-22/h4-18,25-27,31H,19-21H2,1-3H3/t25-,26+,27?/m1/s1. The van der Waals surface area contributed by atoms with Crippen LogP contribution in [0.1, 0.15) is 43.5 Å². The van der Waals surface area contributed by atoms with Crippen LogP contribution in [0.15, 0.2) is 91.0 Å². The van der Waals surface area contributed by atoms with Gasteiger partial charge in [-0.25, -0.2) is 4.79 Å². The number of esters is 1. The lowest BCUT2D eigenvalue weighted by Crippen LogP contribution is -2.65. The molecule has 0 aromatic heterocycles. The van der Waals surface area contributed by atoms with Gasteiger partial charge in [0.15, 0.2) is 6.29 Å². The van der Waals surface area contributed by atoms with Gasteiger partial charge in [-0.2, -0.15) is 0 Å². The van der Waals surface area contributed by atoms with Crippen molar-refractivity contribution in [1.29, 1.82) is 0 Å². The summed E-state index contributed by atoms with van der Waals surface area (Å²) in [7, 11) is -1.53. The van der Waals surface area contributed by atoms with E-state index in [0.717, 1.165) is 10.4 Å². The van der Waals surface area contributed by atoms with E-state index in [1.807, 2.05) is 78.9 Å². The van der Waals surface area contributed by atoms with Crippen LogP contribution in [-0.2, 0) is 14.2 Å². The summed E-state index contributed by atoms with van der Waals surface area (Å²) < 4.78 is 17.4. The highest BCUT2D eigenvalue weighted by Gasteiger charge is 2.50. The van der Waals surface area contributed by atoms with Crippen LogP contribution in [0.5, 0.6) is 0 Å². The minimum atomic E-state index is -3.13. The molecule has 0 saturated carbocycles. The molecule has 4 rings (SSSR count). The van der Waals surface area contributed by atoms with Gasteiger partial charge in [0, 0.05) is 13.5 Å². The van der Waals surface area contributed by atoms with Crippen molar-refractivity contribution in [3.05, 3.63) is 96.6 Å². The van der Waals surface area contributed by atoms with Crippen molar-refractivity contribution in [2.75, 3.05) is 7.11 Å². The Hall–Kier alpha value is -2.77. The summed E-state index contributed by atoms with van der Waals surface area (Å²) in [6, 6.07) is 29.0. The second-order valence-corrected chi connectivity index (χ2v) is 13.7. The van der Waals surface area contributed by atoms with Crippen molar-refractivity contribution in [2.45, 2.75) is 56.6 Å². The molecule has 1 saturated heterocycles. The highest BCUT2D eigenvalue weighted by Crippen LogP contribution is 2.42. The Bertz CT molecular complexity index is 1050. The smallest absolute Gasteiger partial charge is 0.338 e. The van der Waals surface area contributed by atoms with Gasteiger partial charge in [-0.1, -0.05) is 92.7 Å². The molecule has 1 unspecified atom stereocenters. The van der Waals surface area contributed by atoms with Crippen LogP contribution in [0.3, 0.4) is 0 Å². The molecule has 3 aromatic rings. The molecule has 5 nitrogen and oxygen atoms in total. The lowest BCUT2D eigenvalue weighted by Gasteiger charge is -2.42. The summed E-state index contributed by atoms with van der Waals surface area (Å²) in [4.78, 5) is 25.1. The van der Waals surface area contributed by atoms with Gasteiger partial charge in [-0.3, -0.25) is 0 Å². The van der Waals surface area contributed by atoms with Gasteiger partial charge in [0.2, 0.25) is 0 Å². The molecule has 1 aliphatic rings. The molecule has 0 radical (unpaired) electrons. The molecule has 35 heavy (non-hydrogen) atoms. The van der Waals surface area contributed by atoms with Crippen molar-refractivity contribution < 1.29 is 23.8 Å². The average molecular weight is 491 g/mol. The molecule has 184 valence electrons. The molecule has 1 N–H and O–H groups in total. The third kappa shape index (κ3) is 5.41. The first-order valence-electron chi connectivity index (χ1n) is 12.1. The van der Waals surface area contributed by atoms with E-state index < -0.39 is 25.7 Å². The SMILES string of the molecule is COC1C[C@H](OC(=O)c2ccccc2)[C@@H](CCC(C)(C)[Si](O)(c2ccccc2)c2ccccc2)O1. The monoisotopic (exact) mass is 490 g/mol. The molecule has 0 aliphatic carbocycles. The predicted molar refractivity (Wildman–Crippen MR) is 139 cm³/mol. The number of carbonyl (C=O) groups is 1. The van der Waals surface area contributed by atoms with Crippen LogP contribution < -0.4 is 10.4 Å². The molecular weight excluding hydrogens is 456 g/mol. The quantitative estimate of drug-likeness (QED) is 0.358. The third-order valence-corrected chi connectivity index (χ3v) is 11.7. The van der Waals surface area contributed by atoms with Crippen molar-refractivity contribution >= 4 is 24.7 Å². The summed E-state index contributed by atoms with van der Waals surface area (Å²) in [5, 5.41) is 1.54. The Kier molecular flexibility index (Phi) is 7.87. The average Bonchev–Trinajstić information content (AvgIpc) is 3.30. The fourth-order valence-electron chi connectivity index (χ4n) is 4.98. The Labute approximate surface area is 208 Å². The molecule has 1 fully saturated rings. The van der Waals surface area contributed by atoms with E-state index in [0.29, 0.717) is 24.8 Å². The van der Waals surface area contributed by atoms with Gasteiger partial charge in [0.05, 0.1) is 11.7 Å². The van der Waals surface area contributed by atoms with Gasteiger partial charge in [-0.05, 0) is 40.4 Å². The van der Waals surface area contributed by atoms with Gasteiger partial charge in [0.1, 0.15) is 6.10 Å². The van der Waals surface area contributed by atoms with Crippen molar-refractivity contribution in [3.8, 4) is 0 Å². The topological polar surface area (TPSA) is 65.0 Å². The van der Waals surface area contributed by atoms with Crippen LogP contribution in [0, 0.1) is 0 Å². The third-order valence-electron chi connectivity index (χ3n) is 7.11. The number of methoxy groups -OCH3 is 1. The number of carbonyl (C=O) groups excluding carboxylic acids is 1. The highest BCUT2D eigenvalue weighted by molar-refractivity contribution is 6.98. The number of rotatable bonds is 9. The van der Waals surface area contributed by atoms with Crippen LogP contribution in [0.25, 0.3) is 0 Å². The number of hydrogen-bond acceptors (Lipinski definition) is 5. The zero-order valence-electron chi connectivity index (χ0n) is 20.6. The molecular formula is C29H34O5Si. The van der Waals surface area contributed by atoms with Crippen LogP contribution in [0.2, 0.25) is 5.04 Å². The second kappa shape index (κ2) is 10.9. The molecule has 3 aromatic carbocycles. The summed E-state index contributed by atoms with van der Waals surface area (Å²) in [5.41, 5.74) is 0.516. The first-order chi connectivity index (χ1) is 16.8. The van der Waals surface area contributed by atoms with Crippen LogP contribution in [-0.4, -0.2) is 44.7 Å². The van der Waals surface area contributed by atoms with Gasteiger partial charge in [-0.15, -0.1) is 0 Å². The van der Waals surface area contributed by atoms with Gasteiger partial charge >= 0.3 is 5.97 Å². The molecule has 1 heterocycles. The van der Waals surface area contributed by atoms with E-state index in [-0.39, 0.29) is 12.1 Å². The largest absolute Gasteiger partial charge is 0.456 e. The van der Waals surface area contributed by atoms with Crippen LogP contribution in [0.4, 0.5) is 0 Å². The zero-order valence-corrected chi connectivity index (χ0v) is 21.6. The lowest BCUT2D eigenvalue weighted by atomic mass is 10.0. The maximum Gasteiger partial charge on any atom is 0.338 e. The number of ether oxygens (including phenoxy) is 3. The Morgan fingerprint density at radius 1 is 0.943 bits per heavy atom. The minimum absolute atomic E-state index is 0.309. The van der Waals surface area contributed by atoms with E-state index in [4.69, 9.17) is 14.2 Å².